The molecule has 5 heteroatoms. The molecule has 2 aromatic rings. The highest BCUT2D eigenvalue weighted by atomic mass is 32.1. The van der Waals surface area contributed by atoms with E-state index in [0.717, 1.165) is 30.6 Å². The molecule has 0 aliphatic heterocycles. The fourth-order valence-corrected chi connectivity index (χ4v) is 2.77. The third-order valence-electron chi connectivity index (χ3n) is 3.07. The van der Waals surface area contributed by atoms with Gasteiger partial charge >= 0.3 is 0 Å². The zero-order valence-electron chi connectivity index (χ0n) is 11.0. The average molecular weight is 277 g/mol. The first kappa shape index (κ1) is 14.0. The number of hydrogen-bond acceptors (Lipinski definition) is 5. The predicted octanol–water partition coefficient (Wildman–Crippen LogP) is 2.68. The molecule has 0 fully saturated rings. The van der Waals surface area contributed by atoms with E-state index >= 15 is 0 Å². The number of methoxy groups -OCH3 is 1. The van der Waals surface area contributed by atoms with Gasteiger partial charge < -0.3 is 4.74 Å². The number of hydrogen-bond donors (Lipinski definition) is 2. The standard InChI is InChI=1S/C14H19N3OS/c1-18-12-8-11(9-16-10-12)14(17-15)6-2-4-13-5-3-7-19-13/h3,5,7-10,14,17H,2,4,6,15H2,1H3. The van der Waals surface area contributed by atoms with Gasteiger partial charge in [0.1, 0.15) is 5.75 Å². The molecule has 4 nitrogen and oxygen atoms in total. The molecule has 0 bridgehead atoms. The molecule has 19 heavy (non-hydrogen) atoms. The Labute approximate surface area is 117 Å². The van der Waals surface area contributed by atoms with Crippen molar-refractivity contribution in [1.82, 2.24) is 10.4 Å². The topological polar surface area (TPSA) is 60.2 Å². The van der Waals surface area contributed by atoms with Crippen molar-refractivity contribution in [1.29, 1.82) is 0 Å². The number of ether oxygens (including phenoxy) is 1. The fraction of sp³-hybridized carbons (Fsp3) is 0.357. The second-order valence-corrected chi connectivity index (χ2v) is 5.38. The molecule has 0 radical (unpaired) electrons. The van der Waals surface area contributed by atoms with Crippen molar-refractivity contribution < 1.29 is 4.74 Å². The van der Waals surface area contributed by atoms with E-state index in [0.29, 0.717) is 0 Å². The third kappa shape index (κ3) is 4.02. The summed E-state index contributed by atoms with van der Waals surface area (Å²) in [5, 5.41) is 2.11. The van der Waals surface area contributed by atoms with Crippen LogP contribution in [0.4, 0.5) is 0 Å². The quantitative estimate of drug-likeness (QED) is 0.603. The van der Waals surface area contributed by atoms with Crippen LogP contribution in [0.25, 0.3) is 0 Å². The Hall–Kier alpha value is -1.43. The molecule has 102 valence electrons. The molecule has 2 heterocycles. The molecule has 0 amide bonds. The van der Waals surface area contributed by atoms with Gasteiger partial charge in [0.05, 0.1) is 13.3 Å². The molecule has 0 saturated heterocycles. The van der Waals surface area contributed by atoms with Crippen LogP contribution in [0.5, 0.6) is 5.75 Å². The van der Waals surface area contributed by atoms with Crippen molar-refractivity contribution in [2.24, 2.45) is 5.84 Å². The summed E-state index contributed by atoms with van der Waals surface area (Å²) in [6, 6.07) is 6.35. The van der Waals surface area contributed by atoms with Gasteiger partial charge in [-0.3, -0.25) is 16.3 Å². The summed E-state index contributed by atoms with van der Waals surface area (Å²) in [7, 11) is 1.64. The lowest BCUT2D eigenvalue weighted by Crippen LogP contribution is -2.28. The number of pyridine rings is 1. The van der Waals surface area contributed by atoms with Crippen molar-refractivity contribution in [3.05, 3.63) is 46.4 Å². The number of thiophene rings is 1. The molecule has 0 aliphatic carbocycles. The summed E-state index contributed by atoms with van der Waals surface area (Å²) >= 11 is 1.80. The van der Waals surface area contributed by atoms with E-state index in [9.17, 15) is 0 Å². The highest BCUT2D eigenvalue weighted by Crippen LogP contribution is 2.22. The SMILES string of the molecule is COc1cncc(C(CCCc2cccs2)NN)c1. The minimum absolute atomic E-state index is 0.113. The molecule has 0 saturated carbocycles. The summed E-state index contributed by atoms with van der Waals surface area (Å²) in [6.45, 7) is 0. The first-order valence-electron chi connectivity index (χ1n) is 6.31. The molecular weight excluding hydrogens is 258 g/mol. The number of aryl methyl sites for hydroxylation is 1. The highest BCUT2D eigenvalue weighted by Gasteiger charge is 2.11. The summed E-state index contributed by atoms with van der Waals surface area (Å²) in [6.07, 6.45) is 6.68. The average Bonchev–Trinajstić information content (AvgIpc) is 2.97. The van der Waals surface area contributed by atoms with E-state index < -0.39 is 0 Å². The fourth-order valence-electron chi connectivity index (χ4n) is 2.02. The highest BCUT2D eigenvalue weighted by molar-refractivity contribution is 7.09. The van der Waals surface area contributed by atoms with Gasteiger partial charge in [0.2, 0.25) is 0 Å². The molecule has 0 aliphatic rings. The molecule has 0 aromatic carbocycles. The Bertz CT molecular complexity index is 487. The monoisotopic (exact) mass is 277 g/mol. The zero-order valence-corrected chi connectivity index (χ0v) is 11.8. The molecule has 1 unspecified atom stereocenters. The lowest BCUT2D eigenvalue weighted by molar-refractivity contribution is 0.410. The molecule has 0 spiro atoms. The normalized spacial score (nSPS) is 12.3. The maximum absolute atomic E-state index is 5.64. The molecule has 3 N–H and O–H groups in total. The Morgan fingerprint density at radius 2 is 2.37 bits per heavy atom. The van der Waals surface area contributed by atoms with Crippen LogP contribution in [0.2, 0.25) is 0 Å². The summed E-state index contributed by atoms with van der Waals surface area (Å²) < 4.78 is 5.18. The van der Waals surface area contributed by atoms with Gasteiger partial charge in [-0.1, -0.05) is 6.07 Å². The van der Waals surface area contributed by atoms with E-state index in [4.69, 9.17) is 10.6 Å². The Morgan fingerprint density at radius 3 is 3.05 bits per heavy atom. The zero-order chi connectivity index (χ0) is 13.5. The van der Waals surface area contributed by atoms with Gasteiger partial charge in [-0.15, -0.1) is 11.3 Å². The smallest absolute Gasteiger partial charge is 0.137 e. The second-order valence-electron chi connectivity index (χ2n) is 4.35. The molecule has 2 rings (SSSR count). The minimum atomic E-state index is 0.113. The van der Waals surface area contributed by atoms with E-state index in [1.165, 1.54) is 4.88 Å². The maximum Gasteiger partial charge on any atom is 0.137 e. The van der Waals surface area contributed by atoms with Crippen LogP contribution in [0.1, 0.15) is 29.3 Å². The second kappa shape index (κ2) is 7.23. The molecule has 1 atom stereocenters. The van der Waals surface area contributed by atoms with Crippen molar-refractivity contribution in [3.8, 4) is 5.75 Å². The largest absolute Gasteiger partial charge is 0.495 e. The maximum atomic E-state index is 5.64. The van der Waals surface area contributed by atoms with Gasteiger partial charge in [-0.05, 0) is 42.3 Å². The van der Waals surface area contributed by atoms with E-state index in [1.54, 1.807) is 24.6 Å². The van der Waals surface area contributed by atoms with Crippen LogP contribution in [-0.4, -0.2) is 12.1 Å². The van der Waals surface area contributed by atoms with Gasteiger partial charge in [0, 0.05) is 17.1 Å². The first-order valence-corrected chi connectivity index (χ1v) is 7.19. The molecular formula is C14H19N3OS. The lowest BCUT2D eigenvalue weighted by Gasteiger charge is -2.16. The van der Waals surface area contributed by atoms with Gasteiger partial charge in [0.25, 0.3) is 0 Å². The van der Waals surface area contributed by atoms with Crippen LogP contribution in [0.15, 0.2) is 36.0 Å². The number of rotatable bonds is 7. The number of aromatic nitrogens is 1. The Kier molecular flexibility index (Phi) is 5.32. The van der Waals surface area contributed by atoms with Crippen LogP contribution in [-0.2, 0) is 6.42 Å². The number of nitrogens with two attached hydrogens (primary N) is 1. The van der Waals surface area contributed by atoms with Crippen molar-refractivity contribution >= 4 is 11.3 Å². The molecule has 2 aromatic heterocycles. The third-order valence-corrected chi connectivity index (χ3v) is 4.01. The number of nitrogens with zero attached hydrogens (tertiary/aromatic N) is 1. The summed E-state index contributed by atoms with van der Waals surface area (Å²) in [4.78, 5) is 5.58. The van der Waals surface area contributed by atoms with Gasteiger partial charge in [-0.2, -0.15) is 0 Å². The summed E-state index contributed by atoms with van der Waals surface area (Å²) in [5.41, 5.74) is 3.92. The number of nitrogens with one attached hydrogen (secondary N) is 1. The Balaban J connectivity index is 1.91. The Morgan fingerprint density at radius 1 is 1.47 bits per heavy atom. The van der Waals surface area contributed by atoms with Gasteiger partial charge in [0.15, 0.2) is 0 Å². The van der Waals surface area contributed by atoms with Crippen LogP contribution >= 0.6 is 11.3 Å². The minimum Gasteiger partial charge on any atom is -0.495 e. The van der Waals surface area contributed by atoms with Crippen molar-refractivity contribution in [3.63, 3.8) is 0 Å². The number of hydrazine groups is 1. The van der Waals surface area contributed by atoms with Crippen molar-refractivity contribution in [2.45, 2.75) is 25.3 Å². The van der Waals surface area contributed by atoms with Crippen molar-refractivity contribution in [2.75, 3.05) is 7.11 Å². The van der Waals surface area contributed by atoms with Crippen LogP contribution < -0.4 is 16.0 Å². The van der Waals surface area contributed by atoms with Crippen LogP contribution in [0.3, 0.4) is 0 Å². The van der Waals surface area contributed by atoms with Crippen LogP contribution in [0, 0.1) is 0 Å². The first-order chi connectivity index (χ1) is 9.33. The van der Waals surface area contributed by atoms with E-state index in [2.05, 4.69) is 27.9 Å². The predicted molar refractivity (Wildman–Crippen MR) is 78.1 cm³/mol. The van der Waals surface area contributed by atoms with E-state index in [1.807, 2.05) is 12.3 Å². The summed E-state index contributed by atoms with van der Waals surface area (Å²) in [5.74, 6) is 6.40. The lowest BCUT2D eigenvalue weighted by atomic mass is 10.0. The van der Waals surface area contributed by atoms with Gasteiger partial charge in [-0.25, -0.2) is 0 Å². The van der Waals surface area contributed by atoms with E-state index in [-0.39, 0.29) is 6.04 Å².